The molecule has 102 valence electrons. The number of nitrogens with zero attached hydrogens (tertiary/aromatic N) is 3. The third-order valence-electron chi connectivity index (χ3n) is 3.08. The number of nitrogens with one attached hydrogen (secondary N) is 1. The fraction of sp³-hybridized carbons (Fsp3) is 0.818. The lowest BCUT2D eigenvalue weighted by molar-refractivity contribution is 0.0372. The van der Waals surface area contributed by atoms with Gasteiger partial charge < -0.3 is 15.5 Å². The summed E-state index contributed by atoms with van der Waals surface area (Å²) in [6.45, 7) is 7.86. The Morgan fingerprint density at radius 3 is 2.72 bits per heavy atom. The highest BCUT2D eigenvalue weighted by atomic mass is 28.3. The molecule has 0 spiro atoms. The van der Waals surface area contributed by atoms with Gasteiger partial charge in [0.1, 0.15) is 0 Å². The van der Waals surface area contributed by atoms with Crippen molar-refractivity contribution in [2.24, 2.45) is 0 Å². The molecule has 0 unspecified atom stereocenters. The Morgan fingerprint density at radius 1 is 1.44 bits per heavy atom. The summed E-state index contributed by atoms with van der Waals surface area (Å²) in [5.41, 5.74) is 1.02. The van der Waals surface area contributed by atoms with Crippen LogP contribution in [-0.4, -0.2) is 58.1 Å². The second kappa shape index (κ2) is 5.08. The van der Waals surface area contributed by atoms with E-state index in [4.69, 9.17) is 0 Å². The summed E-state index contributed by atoms with van der Waals surface area (Å²) < 4.78 is 1.74. The number of aliphatic hydroxyl groups excluding tert-OH is 2. The topological polar surface area (TPSA) is 83.2 Å². The summed E-state index contributed by atoms with van der Waals surface area (Å²) in [6, 6.07) is 0.859. The summed E-state index contributed by atoms with van der Waals surface area (Å²) in [4.78, 5) is 0. The maximum Gasteiger partial charge on any atom is 0.0982 e. The Labute approximate surface area is 108 Å². The van der Waals surface area contributed by atoms with E-state index in [1.807, 2.05) is 6.20 Å². The molecule has 3 atom stereocenters. The Kier molecular flexibility index (Phi) is 3.86. The van der Waals surface area contributed by atoms with Gasteiger partial charge in [-0.05, 0) is 6.04 Å². The van der Waals surface area contributed by atoms with Gasteiger partial charge in [0.25, 0.3) is 0 Å². The fourth-order valence-corrected chi connectivity index (χ4v) is 3.46. The molecule has 18 heavy (non-hydrogen) atoms. The average molecular weight is 270 g/mol. The zero-order chi connectivity index (χ0) is 13.3. The predicted octanol–water partition coefficient (Wildman–Crippen LogP) is -0.608. The standard InChI is InChI=1S/C11H22N4O2Si/c1-18(2,3)7-8-5-15(14-13-8)6-9-11(17)10(16)4-12-9/h5,9-12,16-17H,4,6-7H2,1-3H3/t9-,10+,11-/m0/s1. The van der Waals surface area contributed by atoms with Crippen LogP contribution >= 0.6 is 0 Å². The molecule has 1 aliphatic heterocycles. The maximum absolute atomic E-state index is 9.74. The largest absolute Gasteiger partial charge is 0.389 e. The van der Waals surface area contributed by atoms with Crippen LogP contribution in [0.2, 0.25) is 19.6 Å². The van der Waals surface area contributed by atoms with Crippen molar-refractivity contribution in [3.63, 3.8) is 0 Å². The van der Waals surface area contributed by atoms with Gasteiger partial charge >= 0.3 is 0 Å². The highest BCUT2D eigenvalue weighted by Gasteiger charge is 2.33. The van der Waals surface area contributed by atoms with Crippen LogP contribution in [0.25, 0.3) is 0 Å². The third-order valence-corrected chi connectivity index (χ3v) is 4.50. The van der Waals surface area contributed by atoms with Crippen molar-refractivity contribution in [3.8, 4) is 0 Å². The molecule has 0 radical (unpaired) electrons. The Hall–Kier alpha value is -0.763. The number of aromatic nitrogens is 3. The Bertz CT molecular complexity index is 404. The van der Waals surface area contributed by atoms with Crippen LogP contribution in [0.5, 0.6) is 0 Å². The first-order valence-corrected chi connectivity index (χ1v) is 10.0. The molecule has 2 heterocycles. The van der Waals surface area contributed by atoms with E-state index in [1.54, 1.807) is 4.68 Å². The second-order valence-corrected chi connectivity index (χ2v) is 11.7. The first-order chi connectivity index (χ1) is 8.35. The van der Waals surface area contributed by atoms with Gasteiger partial charge in [-0.2, -0.15) is 0 Å². The van der Waals surface area contributed by atoms with E-state index in [0.717, 1.165) is 11.7 Å². The lowest BCUT2D eigenvalue weighted by Crippen LogP contribution is -2.36. The van der Waals surface area contributed by atoms with Crippen molar-refractivity contribution in [3.05, 3.63) is 11.9 Å². The van der Waals surface area contributed by atoms with E-state index in [2.05, 4.69) is 35.3 Å². The zero-order valence-corrected chi connectivity index (χ0v) is 12.2. The van der Waals surface area contributed by atoms with Crippen LogP contribution in [0.4, 0.5) is 0 Å². The summed E-state index contributed by atoms with van der Waals surface area (Å²) in [5.74, 6) is 0. The summed E-state index contributed by atoms with van der Waals surface area (Å²) in [7, 11) is -1.17. The molecular formula is C11H22N4O2Si. The Balaban J connectivity index is 1.95. The van der Waals surface area contributed by atoms with Crippen LogP contribution in [0.3, 0.4) is 0 Å². The molecule has 1 saturated heterocycles. The fourth-order valence-electron chi connectivity index (χ4n) is 2.21. The van der Waals surface area contributed by atoms with Crippen LogP contribution in [0, 0.1) is 0 Å². The molecule has 0 saturated carbocycles. The van der Waals surface area contributed by atoms with Gasteiger partial charge in [0, 0.05) is 12.7 Å². The third kappa shape index (κ3) is 3.38. The molecule has 1 fully saturated rings. The first-order valence-electron chi connectivity index (χ1n) is 6.34. The van der Waals surface area contributed by atoms with Gasteiger partial charge in [-0.3, -0.25) is 4.68 Å². The smallest absolute Gasteiger partial charge is 0.0982 e. The summed E-state index contributed by atoms with van der Waals surface area (Å²) >= 11 is 0. The molecular weight excluding hydrogens is 248 g/mol. The SMILES string of the molecule is C[Si](C)(C)Cc1cn(C[C@@H]2NC[C@@H](O)[C@H]2O)nn1. The van der Waals surface area contributed by atoms with Gasteiger partial charge in [-0.15, -0.1) is 5.10 Å². The van der Waals surface area contributed by atoms with Gasteiger partial charge in [0.2, 0.25) is 0 Å². The summed E-state index contributed by atoms with van der Waals surface area (Å²) in [6.07, 6.45) is 0.534. The number of hydrogen-bond acceptors (Lipinski definition) is 5. The number of hydrogen-bond donors (Lipinski definition) is 3. The lowest BCUT2D eigenvalue weighted by Gasteiger charge is -2.15. The molecule has 1 aromatic rings. The van der Waals surface area contributed by atoms with Gasteiger partial charge in [-0.25, -0.2) is 0 Å². The quantitative estimate of drug-likeness (QED) is 0.636. The minimum Gasteiger partial charge on any atom is -0.389 e. The number of β-amino-alcohol motifs (C(OH)–C–C–N with tert-alkyl or cyclic N) is 1. The van der Waals surface area contributed by atoms with Gasteiger partial charge in [0.05, 0.1) is 38.6 Å². The Morgan fingerprint density at radius 2 is 2.17 bits per heavy atom. The lowest BCUT2D eigenvalue weighted by atomic mass is 10.1. The number of aliphatic hydroxyl groups is 2. The van der Waals surface area contributed by atoms with E-state index >= 15 is 0 Å². The summed E-state index contributed by atoms with van der Waals surface area (Å²) in [5, 5.41) is 30.5. The van der Waals surface area contributed by atoms with Crippen molar-refractivity contribution in [2.75, 3.05) is 6.54 Å². The van der Waals surface area contributed by atoms with Crippen molar-refractivity contribution < 1.29 is 10.2 Å². The average Bonchev–Trinajstić information content (AvgIpc) is 2.78. The van der Waals surface area contributed by atoms with Gasteiger partial charge in [-0.1, -0.05) is 24.9 Å². The molecule has 0 aromatic carbocycles. The van der Waals surface area contributed by atoms with Gasteiger partial charge in [0.15, 0.2) is 0 Å². The number of rotatable bonds is 4. The van der Waals surface area contributed by atoms with E-state index in [1.165, 1.54) is 0 Å². The highest BCUT2D eigenvalue weighted by molar-refractivity contribution is 6.75. The van der Waals surface area contributed by atoms with Crippen LogP contribution in [0.1, 0.15) is 5.69 Å². The van der Waals surface area contributed by atoms with Crippen LogP contribution in [0.15, 0.2) is 6.20 Å². The van der Waals surface area contributed by atoms with E-state index in [9.17, 15) is 10.2 Å². The van der Waals surface area contributed by atoms with Crippen molar-refractivity contribution >= 4 is 8.07 Å². The zero-order valence-electron chi connectivity index (χ0n) is 11.2. The first kappa shape index (κ1) is 13.7. The van der Waals surface area contributed by atoms with E-state index < -0.39 is 20.3 Å². The minimum atomic E-state index is -1.17. The molecule has 0 amide bonds. The van der Waals surface area contributed by atoms with Crippen molar-refractivity contribution in [1.29, 1.82) is 0 Å². The molecule has 6 nitrogen and oxygen atoms in total. The highest BCUT2D eigenvalue weighted by Crippen LogP contribution is 2.12. The van der Waals surface area contributed by atoms with E-state index in [0.29, 0.717) is 13.1 Å². The minimum absolute atomic E-state index is 0.151. The molecule has 0 aliphatic carbocycles. The van der Waals surface area contributed by atoms with Crippen LogP contribution in [-0.2, 0) is 12.6 Å². The monoisotopic (exact) mass is 270 g/mol. The van der Waals surface area contributed by atoms with Crippen molar-refractivity contribution in [1.82, 2.24) is 20.3 Å². The molecule has 2 rings (SSSR count). The predicted molar refractivity (Wildman–Crippen MR) is 70.9 cm³/mol. The molecule has 1 aliphatic rings. The second-order valence-electron chi connectivity index (χ2n) is 6.24. The molecule has 0 bridgehead atoms. The molecule has 1 aromatic heterocycles. The normalized spacial score (nSPS) is 28.8. The van der Waals surface area contributed by atoms with Crippen molar-refractivity contribution in [2.45, 2.75) is 50.5 Å². The van der Waals surface area contributed by atoms with Crippen LogP contribution < -0.4 is 5.32 Å². The molecule has 7 heteroatoms. The molecule has 3 N–H and O–H groups in total. The van der Waals surface area contributed by atoms with E-state index in [-0.39, 0.29) is 6.04 Å². The maximum atomic E-state index is 9.74.